The van der Waals surface area contributed by atoms with Crippen LogP contribution in [0.5, 0.6) is 0 Å². The maximum atomic E-state index is 12.4. The second-order valence-corrected chi connectivity index (χ2v) is 5.75. The first-order chi connectivity index (χ1) is 8.05. The van der Waals surface area contributed by atoms with E-state index in [9.17, 15) is 13.2 Å². The maximum absolute atomic E-state index is 12.4. The minimum atomic E-state index is -4.23. The molecule has 1 aromatic carbocycles. The molecule has 0 saturated heterocycles. The van der Waals surface area contributed by atoms with Gasteiger partial charge in [-0.3, -0.25) is 0 Å². The molecule has 2 aromatic rings. The molecule has 0 saturated carbocycles. The highest BCUT2D eigenvalue weighted by molar-refractivity contribution is 8.00. The summed E-state index contributed by atoms with van der Waals surface area (Å²) >= 11 is 2.23. The van der Waals surface area contributed by atoms with Crippen LogP contribution in [0.2, 0.25) is 0 Å². The quantitative estimate of drug-likeness (QED) is 0.705. The molecule has 5 heteroatoms. The van der Waals surface area contributed by atoms with E-state index in [1.807, 2.05) is 30.3 Å². The van der Waals surface area contributed by atoms with E-state index in [1.54, 1.807) is 0 Å². The minimum Gasteiger partial charge on any atom is -0.165 e. The Balaban J connectivity index is 1.99. The van der Waals surface area contributed by atoms with Crippen molar-refractivity contribution in [1.29, 1.82) is 0 Å². The number of thioether (sulfide) groups is 1. The fourth-order valence-electron chi connectivity index (χ4n) is 1.28. The lowest BCUT2D eigenvalue weighted by molar-refractivity contribution is -0.134. The Hall–Kier alpha value is -0.940. The van der Waals surface area contributed by atoms with Gasteiger partial charge in [-0.05, 0) is 17.7 Å². The predicted octanol–water partition coefficient (Wildman–Crippen LogP) is 5.06. The van der Waals surface area contributed by atoms with Gasteiger partial charge in [0.25, 0.3) is 0 Å². The molecule has 0 unspecified atom stereocenters. The van der Waals surface area contributed by atoms with Gasteiger partial charge < -0.3 is 0 Å². The smallest absolute Gasteiger partial charge is 0.165 e. The van der Waals surface area contributed by atoms with Gasteiger partial charge in [-0.15, -0.1) is 23.1 Å². The molecular weight excluding hydrogens is 265 g/mol. The summed E-state index contributed by atoms with van der Waals surface area (Å²) < 4.78 is 37.8. The maximum Gasteiger partial charge on any atom is 0.425 e. The third-order valence-electron chi connectivity index (χ3n) is 2.08. The predicted molar refractivity (Wildman–Crippen MR) is 65.3 cm³/mol. The molecule has 0 fully saturated rings. The molecular formula is C12H9F3S2. The van der Waals surface area contributed by atoms with Gasteiger partial charge in [0.15, 0.2) is 0 Å². The van der Waals surface area contributed by atoms with E-state index in [0.29, 0.717) is 9.96 Å². The van der Waals surface area contributed by atoms with Gasteiger partial charge >= 0.3 is 6.18 Å². The Bertz CT molecular complexity index is 474. The van der Waals surface area contributed by atoms with E-state index >= 15 is 0 Å². The van der Waals surface area contributed by atoms with Crippen molar-refractivity contribution in [2.75, 3.05) is 0 Å². The third-order valence-corrected chi connectivity index (χ3v) is 4.51. The lowest BCUT2D eigenvalue weighted by Gasteiger charge is -2.01. The number of thiophene rings is 1. The van der Waals surface area contributed by atoms with Crippen LogP contribution in [-0.4, -0.2) is 0 Å². The van der Waals surface area contributed by atoms with E-state index < -0.39 is 11.1 Å². The summed E-state index contributed by atoms with van der Waals surface area (Å²) in [6.45, 7) is 0. The van der Waals surface area contributed by atoms with E-state index in [-0.39, 0.29) is 0 Å². The number of hydrogen-bond donors (Lipinski definition) is 0. The van der Waals surface area contributed by atoms with Crippen molar-refractivity contribution in [3.05, 3.63) is 52.9 Å². The van der Waals surface area contributed by atoms with Crippen LogP contribution in [0.3, 0.4) is 0 Å². The highest BCUT2D eigenvalue weighted by Gasteiger charge is 2.32. The number of halogens is 3. The van der Waals surface area contributed by atoms with Crippen molar-refractivity contribution in [1.82, 2.24) is 0 Å². The first-order valence-corrected chi connectivity index (χ1v) is 6.70. The topological polar surface area (TPSA) is 0 Å². The van der Waals surface area contributed by atoms with E-state index in [4.69, 9.17) is 0 Å². The lowest BCUT2D eigenvalue weighted by Crippen LogP contribution is -2.00. The molecule has 0 amide bonds. The number of alkyl halides is 3. The zero-order valence-electron chi connectivity index (χ0n) is 8.70. The Kier molecular flexibility index (Phi) is 3.79. The van der Waals surface area contributed by atoms with E-state index in [1.165, 1.54) is 17.8 Å². The molecule has 90 valence electrons. The normalized spacial score (nSPS) is 11.7. The highest BCUT2D eigenvalue weighted by atomic mass is 32.2. The summed E-state index contributed by atoms with van der Waals surface area (Å²) in [6, 6.07) is 12.4. The van der Waals surface area contributed by atoms with Gasteiger partial charge in [-0.25, -0.2) is 0 Å². The summed E-state index contributed by atoms with van der Waals surface area (Å²) in [4.78, 5) is -0.534. The molecule has 0 nitrogen and oxygen atoms in total. The Labute approximate surface area is 105 Å². The van der Waals surface area contributed by atoms with E-state index in [2.05, 4.69) is 0 Å². The SMILES string of the molecule is FC(F)(F)c1ccc(SCc2ccccc2)s1. The van der Waals surface area contributed by atoms with Gasteiger partial charge in [0.1, 0.15) is 4.88 Å². The van der Waals surface area contributed by atoms with Gasteiger partial charge in [0.2, 0.25) is 0 Å². The van der Waals surface area contributed by atoms with Gasteiger partial charge in [-0.1, -0.05) is 30.3 Å². The standard InChI is InChI=1S/C12H9F3S2/c13-12(14,15)10-6-7-11(17-10)16-8-9-4-2-1-3-5-9/h1-7H,8H2. The molecule has 0 aliphatic rings. The van der Waals surface area contributed by atoms with Crippen LogP contribution in [0.1, 0.15) is 10.4 Å². The zero-order valence-corrected chi connectivity index (χ0v) is 10.3. The molecule has 0 atom stereocenters. The van der Waals surface area contributed by atoms with Crippen molar-refractivity contribution in [3.63, 3.8) is 0 Å². The minimum absolute atomic E-state index is 0.534. The summed E-state index contributed by atoms with van der Waals surface area (Å²) in [7, 11) is 0. The number of benzene rings is 1. The molecule has 17 heavy (non-hydrogen) atoms. The average molecular weight is 274 g/mol. The highest BCUT2D eigenvalue weighted by Crippen LogP contribution is 2.38. The number of rotatable bonds is 3. The van der Waals surface area contributed by atoms with Crippen LogP contribution in [0.15, 0.2) is 46.7 Å². The van der Waals surface area contributed by atoms with Crippen LogP contribution in [0.25, 0.3) is 0 Å². The van der Waals surface area contributed by atoms with Gasteiger partial charge in [0, 0.05) is 5.75 Å². The molecule has 0 aliphatic heterocycles. The second-order valence-electron chi connectivity index (χ2n) is 3.39. The molecule has 0 aliphatic carbocycles. The molecule has 0 spiro atoms. The first-order valence-electron chi connectivity index (χ1n) is 4.89. The van der Waals surface area contributed by atoms with Crippen LogP contribution < -0.4 is 0 Å². The molecule has 0 N–H and O–H groups in total. The monoisotopic (exact) mass is 274 g/mol. The molecule has 0 bridgehead atoms. The van der Waals surface area contributed by atoms with Crippen LogP contribution in [0, 0.1) is 0 Å². The zero-order chi connectivity index (χ0) is 12.3. The summed E-state index contributed by atoms with van der Waals surface area (Å²) in [5.41, 5.74) is 1.11. The number of hydrogen-bond acceptors (Lipinski definition) is 2. The van der Waals surface area contributed by atoms with Crippen LogP contribution >= 0.6 is 23.1 Å². The second kappa shape index (κ2) is 5.14. The molecule has 0 radical (unpaired) electrons. The van der Waals surface area contributed by atoms with Crippen LogP contribution in [0.4, 0.5) is 13.2 Å². The van der Waals surface area contributed by atoms with Crippen molar-refractivity contribution < 1.29 is 13.2 Å². The third kappa shape index (κ3) is 3.51. The van der Waals surface area contributed by atoms with Crippen LogP contribution in [-0.2, 0) is 11.9 Å². The average Bonchev–Trinajstić information content (AvgIpc) is 2.76. The molecule has 2 rings (SSSR count). The van der Waals surface area contributed by atoms with Crippen molar-refractivity contribution in [2.45, 2.75) is 16.1 Å². The summed E-state index contributed by atoms with van der Waals surface area (Å²) in [5, 5.41) is 0. The summed E-state index contributed by atoms with van der Waals surface area (Å²) in [6.07, 6.45) is -4.23. The fourth-order valence-corrected chi connectivity index (χ4v) is 3.23. The Morgan fingerprint density at radius 1 is 1.00 bits per heavy atom. The summed E-state index contributed by atoms with van der Waals surface area (Å²) in [5.74, 6) is 0.693. The van der Waals surface area contributed by atoms with Gasteiger partial charge in [0.05, 0.1) is 4.21 Å². The first kappa shape index (κ1) is 12.5. The van der Waals surface area contributed by atoms with Crippen molar-refractivity contribution >= 4 is 23.1 Å². The van der Waals surface area contributed by atoms with Crippen molar-refractivity contribution in [3.8, 4) is 0 Å². The van der Waals surface area contributed by atoms with Crippen molar-refractivity contribution in [2.24, 2.45) is 0 Å². The molecule has 1 heterocycles. The fraction of sp³-hybridized carbons (Fsp3) is 0.167. The lowest BCUT2D eigenvalue weighted by atomic mass is 10.2. The largest absolute Gasteiger partial charge is 0.425 e. The van der Waals surface area contributed by atoms with Gasteiger partial charge in [-0.2, -0.15) is 13.2 Å². The Morgan fingerprint density at radius 2 is 1.71 bits per heavy atom. The Morgan fingerprint density at radius 3 is 2.29 bits per heavy atom. The van der Waals surface area contributed by atoms with E-state index in [0.717, 1.165) is 23.0 Å². The molecule has 1 aromatic heterocycles.